The first-order chi connectivity index (χ1) is 15.8. The van der Waals surface area contributed by atoms with Gasteiger partial charge < -0.3 is 15.8 Å². The molecule has 3 rings (SSSR count). The molecule has 0 aliphatic carbocycles. The number of rotatable bonds is 10. The van der Waals surface area contributed by atoms with E-state index in [1.54, 1.807) is 18.2 Å². The Morgan fingerprint density at radius 3 is 2.24 bits per heavy atom. The number of ketones is 1. The van der Waals surface area contributed by atoms with Gasteiger partial charge in [0.25, 0.3) is 0 Å². The molecule has 5 nitrogen and oxygen atoms in total. The maximum atomic E-state index is 13.0. The number of Topliss-reactive ketones (excluding diaryl/α,β-unsaturated/α-hetero) is 1. The highest BCUT2D eigenvalue weighted by atomic mass is 35.5. The van der Waals surface area contributed by atoms with Crippen LogP contribution in [0.5, 0.6) is 5.75 Å². The second kappa shape index (κ2) is 11.5. The molecule has 3 aromatic rings. The molecule has 0 unspecified atom stereocenters. The molecule has 0 spiro atoms. The van der Waals surface area contributed by atoms with Crippen LogP contribution in [-0.2, 0) is 6.42 Å². The average Bonchev–Trinajstić information content (AvgIpc) is 2.79. The number of primary amides is 1. The van der Waals surface area contributed by atoms with Gasteiger partial charge in [-0.2, -0.15) is 0 Å². The molecule has 0 aromatic heterocycles. The van der Waals surface area contributed by atoms with Gasteiger partial charge in [0.05, 0.1) is 11.1 Å². The molecular weight excluding hydrogens is 436 g/mol. The lowest BCUT2D eigenvalue weighted by Crippen LogP contribution is -2.35. The number of carbonyl (C=O) groups is 2. The van der Waals surface area contributed by atoms with Gasteiger partial charge in [0, 0.05) is 18.5 Å². The van der Waals surface area contributed by atoms with Gasteiger partial charge in [-0.1, -0.05) is 66.2 Å². The molecular formula is C27H29ClN2O3. The molecule has 0 radical (unpaired) electrons. The summed E-state index contributed by atoms with van der Waals surface area (Å²) >= 11 is 6.30. The van der Waals surface area contributed by atoms with Crippen LogP contribution < -0.4 is 15.8 Å². The predicted molar refractivity (Wildman–Crippen MR) is 133 cm³/mol. The molecule has 0 fully saturated rings. The molecule has 0 saturated heterocycles. The molecule has 0 bridgehead atoms. The van der Waals surface area contributed by atoms with E-state index in [0.29, 0.717) is 29.3 Å². The first-order valence-electron chi connectivity index (χ1n) is 11.0. The molecule has 0 aliphatic rings. The number of carbonyl (C=O) groups excluding carboxylic acids is 2. The SMILES string of the molecule is CC(C)Oc1ccc(C(=O)C[C@H](CNC(N)=O)Cc2ccc(-c3ccccc3)cc2)cc1Cl. The van der Waals surface area contributed by atoms with E-state index in [9.17, 15) is 9.59 Å². The number of halogens is 1. The number of hydrogen-bond acceptors (Lipinski definition) is 3. The topological polar surface area (TPSA) is 81.4 Å². The normalized spacial score (nSPS) is 11.8. The Morgan fingerprint density at radius 2 is 1.64 bits per heavy atom. The maximum absolute atomic E-state index is 13.0. The highest BCUT2D eigenvalue weighted by Crippen LogP contribution is 2.28. The molecule has 1 atom stereocenters. The Hall–Kier alpha value is -3.31. The Balaban J connectivity index is 1.71. The van der Waals surface area contributed by atoms with Gasteiger partial charge in [-0.05, 0) is 61.1 Å². The van der Waals surface area contributed by atoms with E-state index in [1.165, 1.54) is 0 Å². The lowest BCUT2D eigenvalue weighted by atomic mass is 9.91. The Kier molecular flexibility index (Phi) is 8.50. The van der Waals surface area contributed by atoms with Crippen LogP contribution in [0.3, 0.4) is 0 Å². The Bertz CT molecular complexity index is 1080. The quantitative estimate of drug-likeness (QED) is 0.367. The second-order valence-electron chi connectivity index (χ2n) is 8.32. The molecule has 0 aliphatic heterocycles. The van der Waals surface area contributed by atoms with Crippen molar-refractivity contribution in [1.29, 1.82) is 0 Å². The first kappa shape index (κ1) is 24.3. The fourth-order valence-corrected chi connectivity index (χ4v) is 3.89. The number of nitrogens with one attached hydrogen (secondary N) is 1. The lowest BCUT2D eigenvalue weighted by molar-refractivity contribution is 0.0960. The monoisotopic (exact) mass is 464 g/mol. The number of hydrogen-bond donors (Lipinski definition) is 2. The molecule has 0 heterocycles. The summed E-state index contributed by atoms with van der Waals surface area (Å²) in [7, 11) is 0. The minimum atomic E-state index is -0.606. The summed E-state index contributed by atoms with van der Waals surface area (Å²) in [6.45, 7) is 4.14. The third kappa shape index (κ3) is 7.36. The summed E-state index contributed by atoms with van der Waals surface area (Å²) in [5, 5.41) is 3.04. The number of nitrogens with two attached hydrogens (primary N) is 1. The van der Waals surface area contributed by atoms with Crippen LogP contribution in [0.25, 0.3) is 11.1 Å². The van der Waals surface area contributed by atoms with E-state index in [-0.39, 0.29) is 24.2 Å². The molecule has 2 amide bonds. The number of urea groups is 1. The van der Waals surface area contributed by atoms with Crippen molar-refractivity contribution in [2.75, 3.05) is 6.54 Å². The zero-order chi connectivity index (χ0) is 23.8. The molecule has 3 N–H and O–H groups in total. The summed E-state index contributed by atoms with van der Waals surface area (Å²) < 4.78 is 5.64. The van der Waals surface area contributed by atoms with Crippen LogP contribution in [0.15, 0.2) is 72.8 Å². The highest BCUT2D eigenvalue weighted by molar-refractivity contribution is 6.32. The lowest BCUT2D eigenvalue weighted by Gasteiger charge is -2.17. The summed E-state index contributed by atoms with van der Waals surface area (Å²) in [4.78, 5) is 24.2. The van der Waals surface area contributed by atoms with Crippen LogP contribution in [0.1, 0.15) is 36.2 Å². The number of amides is 2. The van der Waals surface area contributed by atoms with Gasteiger partial charge in [0.1, 0.15) is 5.75 Å². The van der Waals surface area contributed by atoms with Crippen LogP contribution >= 0.6 is 11.6 Å². The largest absolute Gasteiger partial charge is 0.489 e. The van der Waals surface area contributed by atoms with Crippen LogP contribution in [0.4, 0.5) is 4.79 Å². The summed E-state index contributed by atoms with van der Waals surface area (Å²) in [6.07, 6.45) is 0.867. The van der Waals surface area contributed by atoms with Gasteiger partial charge in [-0.3, -0.25) is 4.79 Å². The minimum absolute atomic E-state index is 0.0124. The fourth-order valence-electron chi connectivity index (χ4n) is 3.66. The summed E-state index contributed by atoms with van der Waals surface area (Å²) in [5.41, 5.74) is 9.14. The Morgan fingerprint density at radius 1 is 0.970 bits per heavy atom. The molecule has 6 heteroatoms. The van der Waals surface area contributed by atoms with E-state index >= 15 is 0 Å². The standard InChI is InChI=1S/C27H29ClN2O3/c1-18(2)33-26-13-12-23(16-24(26)28)25(31)15-20(17-30-27(29)32)14-19-8-10-22(11-9-19)21-6-4-3-5-7-21/h3-13,16,18,20H,14-15,17H2,1-2H3,(H3,29,30,32)/t20-/m1/s1. The van der Waals surface area contributed by atoms with E-state index < -0.39 is 6.03 Å². The first-order valence-corrected chi connectivity index (χ1v) is 11.4. The summed E-state index contributed by atoms with van der Waals surface area (Å²) in [6, 6.07) is 22.8. The van der Waals surface area contributed by atoms with E-state index in [2.05, 4.69) is 41.7 Å². The van der Waals surface area contributed by atoms with Crippen molar-refractivity contribution in [3.8, 4) is 16.9 Å². The van der Waals surface area contributed by atoms with Crippen molar-refractivity contribution >= 4 is 23.4 Å². The van der Waals surface area contributed by atoms with Crippen LogP contribution in [-0.4, -0.2) is 24.5 Å². The number of benzene rings is 3. The van der Waals surface area contributed by atoms with Crippen molar-refractivity contribution in [3.05, 3.63) is 88.9 Å². The fraction of sp³-hybridized carbons (Fsp3) is 0.259. The van der Waals surface area contributed by atoms with Crippen LogP contribution in [0.2, 0.25) is 5.02 Å². The Labute approximate surface area is 199 Å². The summed E-state index contributed by atoms with van der Waals surface area (Å²) in [5.74, 6) is 0.386. The third-order valence-electron chi connectivity index (χ3n) is 5.24. The second-order valence-corrected chi connectivity index (χ2v) is 8.72. The molecule has 172 valence electrons. The van der Waals surface area contributed by atoms with Gasteiger partial charge in [0.2, 0.25) is 0 Å². The molecule has 3 aromatic carbocycles. The van der Waals surface area contributed by atoms with Crippen molar-refractivity contribution in [3.63, 3.8) is 0 Å². The third-order valence-corrected chi connectivity index (χ3v) is 5.54. The van der Waals surface area contributed by atoms with Crippen molar-refractivity contribution in [2.45, 2.75) is 32.8 Å². The zero-order valence-corrected chi connectivity index (χ0v) is 19.6. The van der Waals surface area contributed by atoms with E-state index in [0.717, 1.165) is 16.7 Å². The molecule has 33 heavy (non-hydrogen) atoms. The van der Waals surface area contributed by atoms with Gasteiger partial charge in [-0.15, -0.1) is 0 Å². The van der Waals surface area contributed by atoms with Crippen molar-refractivity contribution in [2.24, 2.45) is 11.7 Å². The smallest absolute Gasteiger partial charge is 0.312 e. The minimum Gasteiger partial charge on any atom is -0.489 e. The maximum Gasteiger partial charge on any atom is 0.312 e. The van der Waals surface area contributed by atoms with Gasteiger partial charge in [0.15, 0.2) is 5.78 Å². The average molecular weight is 465 g/mol. The zero-order valence-electron chi connectivity index (χ0n) is 18.9. The van der Waals surface area contributed by atoms with Crippen molar-refractivity contribution < 1.29 is 14.3 Å². The van der Waals surface area contributed by atoms with Gasteiger partial charge >= 0.3 is 6.03 Å². The van der Waals surface area contributed by atoms with Gasteiger partial charge in [-0.25, -0.2) is 4.79 Å². The highest BCUT2D eigenvalue weighted by Gasteiger charge is 2.18. The number of ether oxygens (including phenoxy) is 1. The predicted octanol–water partition coefficient (Wildman–Crippen LogP) is 5.89. The van der Waals surface area contributed by atoms with E-state index in [4.69, 9.17) is 22.1 Å². The molecule has 0 saturated carbocycles. The van der Waals surface area contributed by atoms with E-state index in [1.807, 2.05) is 32.0 Å². The van der Waals surface area contributed by atoms with Crippen LogP contribution in [0, 0.1) is 5.92 Å². The van der Waals surface area contributed by atoms with Crippen molar-refractivity contribution in [1.82, 2.24) is 5.32 Å².